The van der Waals surface area contributed by atoms with Crippen molar-refractivity contribution in [2.45, 2.75) is 51.1 Å². The highest BCUT2D eigenvalue weighted by atomic mass is 16.2. The van der Waals surface area contributed by atoms with Crippen LogP contribution in [0.5, 0.6) is 0 Å². The number of benzene rings is 3. The number of aliphatic imine (C=N–C) groups is 1. The molecule has 0 aromatic heterocycles. The summed E-state index contributed by atoms with van der Waals surface area (Å²) in [7, 11) is 0. The maximum Gasteiger partial charge on any atom is 0.278 e. The van der Waals surface area contributed by atoms with Crippen molar-refractivity contribution in [2.75, 3.05) is 4.90 Å². The zero-order valence-electron chi connectivity index (χ0n) is 19.4. The predicted octanol–water partition coefficient (Wildman–Crippen LogP) is 5.65. The number of carbonyl (C=O) groups excluding carboxylic acids is 2. The van der Waals surface area contributed by atoms with Crippen LogP contribution in [0, 0.1) is 6.92 Å². The smallest absolute Gasteiger partial charge is 0.278 e. The van der Waals surface area contributed by atoms with Gasteiger partial charge < -0.3 is 5.32 Å². The molecule has 1 unspecified atom stereocenters. The number of hydrogen-bond acceptors (Lipinski definition) is 3. The van der Waals surface area contributed by atoms with Crippen LogP contribution >= 0.6 is 0 Å². The van der Waals surface area contributed by atoms with Crippen molar-refractivity contribution in [3.8, 4) is 0 Å². The van der Waals surface area contributed by atoms with E-state index < -0.39 is 6.04 Å². The summed E-state index contributed by atoms with van der Waals surface area (Å²) in [6.45, 7) is 1.97. The van der Waals surface area contributed by atoms with Gasteiger partial charge in [-0.15, -0.1) is 0 Å². The second kappa shape index (κ2) is 9.64. The van der Waals surface area contributed by atoms with Crippen LogP contribution < -0.4 is 10.2 Å². The summed E-state index contributed by atoms with van der Waals surface area (Å²) in [5.41, 5.74) is 4.10. The lowest BCUT2D eigenvalue weighted by Crippen LogP contribution is -2.48. The Morgan fingerprint density at radius 1 is 0.882 bits per heavy atom. The Kier molecular flexibility index (Phi) is 6.26. The topological polar surface area (TPSA) is 61.8 Å². The van der Waals surface area contributed by atoms with Crippen molar-refractivity contribution >= 4 is 28.9 Å². The molecule has 1 atom stereocenters. The fraction of sp³-hybridized carbons (Fsp3) is 0.276. The van der Waals surface area contributed by atoms with Crippen molar-refractivity contribution < 1.29 is 9.59 Å². The van der Waals surface area contributed by atoms with Crippen molar-refractivity contribution in [1.29, 1.82) is 0 Å². The maximum atomic E-state index is 14.2. The van der Waals surface area contributed by atoms with Gasteiger partial charge in [0.2, 0.25) is 5.91 Å². The number of nitrogens with one attached hydrogen (secondary N) is 1. The number of para-hydroxylation sites is 2. The van der Waals surface area contributed by atoms with Crippen LogP contribution in [0.1, 0.15) is 54.8 Å². The number of hydrogen-bond donors (Lipinski definition) is 1. The minimum atomic E-state index is -0.809. The second-order valence-electron chi connectivity index (χ2n) is 9.09. The molecule has 1 fully saturated rings. The van der Waals surface area contributed by atoms with Gasteiger partial charge in [0.15, 0.2) is 0 Å². The molecule has 3 aromatic carbocycles. The first kappa shape index (κ1) is 22.1. The van der Waals surface area contributed by atoms with E-state index in [9.17, 15) is 9.59 Å². The number of amides is 2. The normalized spacial score (nSPS) is 18.6. The number of anilines is 1. The third-order valence-electron chi connectivity index (χ3n) is 6.77. The Hall–Kier alpha value is -3.73. The highest BCUT2D eigenvalue weighted by molar-refractivity contribution is 6.50. The van der Waals surface area contributed by atoms with Gasteiger partial charge in [0.05, 0.1) is 5.69 Å². The summed E-state index contributed by atoms with van der Waals surface area (Å²) < 4.78 is 0. The van der Waals surface area contributed by atoms with Gasteiger partial charge in [-0.25, -0.2) is 4.99 Å². The Morgan fingerprint density at radius 2 is 1.56 bits per heavy atom. The molecule has 2 amide bonds. The van der Waals surface area contributed by atoms with Gasteiger partial charge in [-0.1, -0.05) is 86.0 Å². The Bertz CT molecular complexity index is 1230. The molecule has 1 aliphatic heterocycles. The van der Waals surface area contributed by atoms with Gasteiger partial charge in [-0.2, -0.15) is 0 Å². The van der Waals surface area contributed by atoms with E-state index in [4.69, 9.17) is 4.99 Å². The lowest BCUT2D eigenvalue weighted by Gasteiger charge is -2.33. The highest BCUT2D eigenvalue weighted by Gasteiger charge is 2.39. The van der Waals surface area contributed by atoms with Crippen molar-refractivity contribution in [3.63, 3.8) is 0 Å². The molecular weight excluding hydrogens is 422 g/mol. The van der Waals surface area contributed by atoms with E-state index in [2.05, 4.69) is 5.32 Å². The summed E-state index contributed by atoms with van der Waals surface area (Å²) >= 11 is 0. The molecule has 0 radical (unpaired) electrons. The Morgan fingerprint density at radius 3 is 2.32 bits per heavy atom. The quantitative estimate of drug-likeness (QED) is 0.557. The second-order valence-corrected chi connectivity index (χ2v) is 9.09. The van der Waals surface area contributed by atoms with E-state index in [1.165, 1.54) is 6.42 Å². The summed E-state index contributed by atoms with van der Waals surface area (Å²) in [4.78, 5) is 34.6. The number of rotatable bonds is 4. The lowest BCUT2D eigenvalue weighted by molar-refractivity contribution is -0.125. The first-order valence-corrected chi connectivity index (χ1v) is 12.1. The first-order chi connectivity index (χ1) is 16.6. The van der Waals surface area contributed by atoms with E-state index in [0.29, 0.717) is 11.4 Å². The predicted molar refractivity (Wildman–Crippen MR) is 136 cm³/mol. The molecule has 1 saturated carbocycles. The average molecular weight is 452 g/mol. The van der Waals surface area contributed by atoms with Crippen LogP contribution in [-0.2, 0) is 9.59 Å². The Balaban J connectivity index is 1.67. The van der Waals surface area contributed by atoms with Gasteiger partial charge >= 0.3 is 0 Å². The molecule has 0 saturated heterocycles. The SMILES string of the molecule is Cc1ccccc1N1C(=O)C(c2ccccc2)=Nc2ccccc2C1C(=O)NC1CCCCC1. The van der Waals surface area contributed by atoms with Gasteiger partial charge in [-0.3, -0.25) is 14.5 Å². The summed E-state index contributed by atoms with van der Waals surface area (Å²) in [5.74, 6) is -0.430. The molecule has 5 nitrogen and oxygen atoms in total. The molecule has 0 spiro atoms. The molecule has 1 heterocycles. The number of nitrogens with zero attached hydrogens (tertiary/aromatic N) is 2. The average Bonchev–Trinajstić information content (AvgIpc) is 3.00. The molecule has 5 rings (SSSR count). The Labute approximate surface area is 200 Å². The highest BCUT2D eigenvalue weighted by Crippen LogP contribution is 2.38. The monoisotopic (exact) mass is 451 g/mol. The molecule has 1 aliphatic carbocycles. The van der Waals surface area contributed by atoms with Crippen LogP contribution in [0.4, 0.5) is 11.4 Å². The van der Waals surface area contributed by atoms with E-state index >= 15 is 0 Å². The summed E-state index contributed by atoms with van der Waals surface area (Å²) in [6, 6.07) is 24.1. The van der Waals surface area contributed by atoms with Crippen LogP contribution in [-0.4, -0.2) is 23.6 Å². The molecule has 5 heteroatoms. The fourth-order valence-electron chi connectivity index (χ4n) is 5.01. The van der Waals surface area contributed by atoms with Crippen LogP contribution in [0.15, 0.2) is 83.9 Å². The van der Waals surface area contributed by atoms with E-state index in [1.54, 1.807) is 4.90 Å². The molecule has 0 bridgehead atoms. The number of aryl methyl sites for hydroxylation is 1. The minimum absolute atomic E-state index is 0.139. The van der Waals surface area contributed by atoms with Crippen molar-refractivity contribution in [1.82, 2.24) is 5.32 Å². The van der Waals surface area contributed by atoms with E-state index in [-0.39, 0.29) is 17.9 Å². The van der Waals surface area contributed by atoms with Gasteiger partial charge in [0, 0.05) is 22.9 Å². The first-order valence-electron chi connectivity index (χ1n) is 12.1. The van der Waals surface area contributed by atoms with E-state index in [0.717, 1.165) is 48.1 Å². The largest absolute Gasteiger partial charge is 0.351 e. The standard InChI is InChI=1S/C29H29N3O2/c1-20-12-8-11-19-25(20)32-27(28(33)30-22-15-6-3-7-16-22)23-17-9-10-18-24(23)31-26(29(32)34)21-13-4-2-5-14-21/h2,4-5,8-14,17-19,22,27H,3,6-7,15-16H2,1H3,(H,30,33). The maximum absolute atomic E-state index is 14.2. The molecular formula is C29H29N3O2. The molecule has 2 aliphatic rings. The van der Waals surface area contributed by atoms with Gasteiger partial charge in [0.25, 0.3) is 5.91 Å². The van der Waals surface area contributed by atoms with Crippen molar-refractivity contribution in [3.05, 3.63) is 95.6 Å². The molecule has 172 valence electrons. The lowest BCUT2D eigenvalue weighted by atomic mass is 9.94. The van der Waals surface area contributed by atoms with Crippen molar-refractivity contribution in [2.24, 2.45) is 4.99 Å². The van der Waals surface area contributed by atoms with Crippen LogP contribution in [0.25, 0.3) is 0 Å². The summed E-state index contributed by atoms with van der Waals surface area (Å²) in [6.07, 6.45) is 5.40. The summed E-state index contributed by atoms with van der Waals surface area (Å²) in [5, 5.41) is 3.27. The zero-order chi connectivity index (χ0) is 23.5. The number of carbonyl (C=O) groups is 2. The van der Waals surface area contributed by atoms with Crippen LogP contribution in [0.3, 0.4) is 0 Å². The number of fused-ring (bicyclic) bond motifs is 1. The van der Waals surface area contributed by atoms with Gasteiger partial charge in [-0.05, 0) is 37.5 Å². The fourth-order valence-corrected chi connectivity index (χ4v) is 5.01. The zero-order valence-corrected chi connectivity index (χ0v) is 19.4. The van der Waals surface area contributed by atoms with Gasteiger partial charge in [0.1, 0.15) is 11.8 Å². The molecule has 3 aromatic rings. The molecule has 1 N–H and O–H groups in total. The molecule has 34 heavy (non-hydrogen) atoms. The van der Waals surface area contributed by atoms with Crippen LogP contribution in [0.2, 0.25) is 0 Å². The third kappa shape index (κ3) is 4.26. The minimum Gasteiger partial charge on any atom is -0.351 e. The third-order valence-corrected chi connectivity index (χ3v) is 6.77. The van der Waals surface area contributed by atoms with E-state index in [1.807, 2.05) is 85.8 Å².